The molecular weight excluding hydrogens is 320 g/mol. The summed E-state index contributed by atoms with van der Waals surface area (Å²) in [5.41, 5.74) is 2.08. The maximum Gasteiger partial charge on any atom is 0.383 e. The number of ether oxygens (including phenoxy) is 2. The summed E-state index contributed by atoms with van der Waals surface area (Å²) >= 11 is 0. The number of rotatable bonds is 7. The van der Waals surface area contributed by atoms with Crippen molar-refractivity contribution >= 4 is 11.0 Å². The van der Waals surface area contributed by atoms with Crippen molar-refractivity contribution in [2.24, 2.45) is 0 Å². The van der Waals surface area contributed by atoms with Gasteiger partial charge in [-0.25, -0.2) is 4.79 Å². The maximum atomic E-state index is 12.2. The molecule has 1 N–H and O–H groups in total. The lowest BCUT2D eigenvalue weighted by atomic mass is 10.1. The summed E-state index contributed by atoms with van der Waals surface area (Å²) in [5, 5.41) is 10.4. The molecule has 0 saturated carbocycles. The van der Waals surface area contributed by atoms with E-state index in [2.05, 4.69) is 19.9 Å². The van der Waals surface area contributed by atoms with Crippen LogP contribution in [0, 0.1) is 0 Å². The van der Waals surface area contributed by atoms with E-state index >= 15 is 0 Å². The molecule has 5 nitrogen and oxygen atoms in total. The summed E-state index contributed by atoms with van der Waals surface area (Å²) in [4.78, 5) is 12.2. The Kier molecular flexibility index (Phi) is 6.28. The zero-order valence-electron chi connectivity index (χ0n) is 15.1. The second-order valence-electron chi connectivity index (χ2n) is 6.08. The van der Waals surface area contributed by atoms with E-state index in [1.54, 1.807) is 12.1 Å². The van der Waals surface area contributed by atoms with Gasteiger partial charge in [0.2, 0.25) is 5.75 Å². The van der Waals surface area contributed by atoms with Crippen LogP contribution in [0.15, 0.2) is 50.7 Å². The molecule has 1 heterocycles. The van der Waals surface area contributed by atoms with Crippen LogP contribution in [0.25, 0.3) is 11.0 Å². The summed E-state index contributed by atoms with van der Waals surface area (Å²) in [7, 11) is 1.42. The normalized spacial score (nSPS) is 11.4. The second-order valence-corrected chi connectivity index (χ2v) is 6.08. The molecule has 0 aliphatic heterocycles. The van der Waals surface area contributed by atoms with Crippen LogP contribution in [0.4, 0.5) is 0 Å². The molecule has 0 aliphatic rings. The number of benzene rings is 1. The Balaban J connectivity index is 2.21. The molecule has 0 amide bonds. The number of fused-ring (bicyclic) bond motifs is 1. The summed E-state index contributed by atoms with van der Waals surface area (Å²) in [6.07, 6.45) is 6.01. The first-order valence-electron chi connectivity index (χ1n) is 8.18. The van der Waals surface area contributed by atoms with E-state index in [-0.39, 0.29) is 29.4 Å². The van der Waals surface area contributed by atoms with E-state index in [1.165, 1.54) is 24.3 Å². The summed E-state index contributed by atoms with van der Waals surface area (Å²) in [6, 6.07) is 4.69. The van der Waals surface area contributed by atoms with Crippen molar-refractivity contribution in [2.75, 3.05) is 13.7 Å². The highest BCUT2D eigenvalue weighted by atomic mass is 16.5. The van der Waals surface area contributed by atoms with Gasteiger partial charge in [0.25, 0.3) is 0 Å². The zero-order valence-corrected chi connectivity index (χ0v) is 15.1. The van der Waals surface area contributed by atoms with Gasteiger partial charge in [-0.15, -0.1) is 0 Å². The third-order valence-corrected chi connectivity index (χ3v) is 3.78. The van der Waals surface area contributed by atoms with Crippen molar-refractivity contribution in [3.05, 3.63) is 51.9 Å². The SMILES string of the molecule is COc1c(OC/C=C(\C)CCC=C(C)C)c(=O)oc2cccc(O)c12. The quantitative estimate of drug-likeness (QED) is 0.588. The van der Waals surface area contributed by atoms with Crippen molar-refractivity contribution in [2.45, 2.75) is 33.6 Å². The van der Waals surface area contributed by atoms with E-state index in [1.807, 2.05) is 13.0 Å². The van der Waals surface area contributed by atoms with Crippen LogP contribution in [-0.4, -0.2) is 18.8 Å². The maximum absolute atomic E-state index is 12.2. The van der Waals surface area contributed by atoms with Gasteiger partial charge in [0, 0.05) is 0 Å². The lowest BCUT2D eigenvalue weighted by Gasteiger charge is -2.11. The van der Waals surface area contributed by atoms with Gasteiger partial charge in [-0.1, -0.05) is 23.3 Å². The van der Waals surface area contributed by atoms with Crippen molar-refractivity contribution < 1.29 is 19.0 Å². The Labute approximate surface area is 147 Å². The molecule has 0 saturated heterocycles. The molecule has 2 rings (SSSR count). The predicted molar refractivity (Wildman–Crippen MR) is 98.6 cm³/mol. The number of methoxy groups -OCH3 is 1. The summed E-state index contributed by atoms with van der Waals surface area (Å²) < 4.78 is 16.1. The fourth-order valence-electron chi connectivity index (χ4n) is 2.46. The number of hydrogen-bond acceptors (Lipinski definition) is 5. The molecular formula is C20H24O5. The minimum Gasteiger partial charge on any atom is -0.507 e. The Morgan fingerprint density at radius 1 is 1.20 bits per heavy atom. The van der Waals surface area contributed by atoms with Gasteiger partial charge in [0.15, 0.2) is 5.75 Å². The average Bonchev–Trinajstić information content (AvgIpc) is 2.55. The predicted octanol–water partition coefficient (Wildman–Crippen LogP) is 4.58. The smallest absolute Gasteiger partial charge is 0.383 e. The fraction of sp³-hybridized carbons (Fsp3) is 0.350. The van der Waals surface area contributed by atoms with Gasteiger partial charge in [0.1, 0.15) is 23.3 Å². The number of phenols is 1. The van der Waals surface area contributed by atoms with Gasteiger partial charge >= 0.3 is 5.63 Å². The van der Waals surface area contributed by atoms with Gasteiger partial charge in [-0.05, 0) is 51.8 Å². The average molecular weight is 344 g/mol. The lowest BCUT2D eigenvalue weighted by Crippen LogP contribution is -2.09. The molecule has 0 atom stereocenters. The molecule has 2 aromatic rings. The molecule has 0 bridgehead atoms. The van der Waals surface area contributed by atoms with Crippen molar-refractivity contribution in [3.8, 4) is 17.2 Å². The van der Waals surface area contributed by atoms with Gasteiger partial charge in [-0.3, -0.25) is 0 Å². The van der Waals surface area contributed by atoms with Crippen LogP contribution in [0.5, 0.6) is 17.2 Å². The van der Waals surface area contributed by atoms with Crippen LogP contribution >= 0.6 is 0 Å². The molecule has 0 aliphatic carbocycles. The summed E-state index contributed by atoms with van der Waals surface area (Å²) in [5.74, 6) is 0.112. The Morgan fingerprint density at radius 2 is 1.96 bits per heavy atom. The first-order valence-corrected chi connectivity index (χ1v) is 8.18. The largest absolute Gasteiger partial charge is 0.507 e. The molecule has 134 valence electrons. The van der Waals surface area contributed by atoms with E-state index in [0.717, 1.165) is 12.8 Å². The van der Waals surface area contributed by atoms with Gasteiger partial charge < -0.3 is 19.0 Å². The topological polar surface area (TPSA) is 68.9 Å². The third kappa shape index (κ3) is 4.66. The van der Waals surface area contributed by atoms with Gasteiger partial charge in [0.05, 0.1) is 7.11 Å². The molecule has 0 unspecified atom stereocenters. The standard InChI is InChI=1S/C20H24O5/c1-13(2)7-5-8-14(3)11-12-24-19-18(23-4)17-15(21)9-6-10-16(17)25-20(19)22/h6-7,9-11,21H,5,8,12H2,1-4H3/b14-11+. The summed E-state index contributed by atoms with van der Waals surface area (Å²) in [6.45, 7) is 6.39. The van der Waals surface area contributed by atoms with E-state index in [4.69, 9.17) is 13.9 Å². The van der Waals surface area contributed by atoms with Crippen LogP contribution in [-0.2, 0) is 0 Å². The van der Waals surface area contributed by atoms with Crippen molar-refractivity contribution in [1.29, 1.82) is 0 Å². The molecule has 25 heavy (non-hydrogen) atoms. The molecule has 1 aromatic heterocycles. The van der Waals surface area contributed by atoms with Crippen LogP contribution in [0.3, 0.4) is 0 Å². The van der Waals surface area contributed by atoms with Crippen LogP contribution in [0.1, 0.15) is 33.6 Å². The molecule has 5 heteroatoms. The molecule has 0 fully saturated rings. The second kappa shape index (κ2) is 8.42. The number of aromatic hydroxyl groups is 1. The first kappa shape index (κ1) is 18.6. The van der Waals surface area contributed by atoms with E-state index < -0.39 is 5.63 Å². The number of hydrogen-bond donors (Lipinski definition) is 1. The molecule has 0 radical (unpaired) electrons. The highest BCUT2D eigenvalue weighted by Crippen LogP contribution is 2.37. The molecule has 0 spiro atoms. The van der Waals surface area contributed by atoms with Crippen LogP contribution < -0.4 is 15.1 Å². The first-order chi connectivity index (χ1) is 11.9. The van der Waals surface area contributed by atoms with Crippen molar-refractivity contribution in [3.63, 3.8) is 0 Å². The minimum absolute atomic E-state index is 0.0311. The fourth-order valence-corrected chi connectivity index (χ4v) is 2.46. The Bertz CT molecular complexity index is 854. The third-order valence-electron chi connectivity index (χ3n) is 3.78. The van der Waals surface area contributed by atoms with Crippen molar-refractivity contribution in [1.82, 2.24) is 0 Å². The van der Waals surface area contributed by atoms with Gasteiger partial charge in [-0.2, -0.15) is 0 Å². The Hall–Kier alpha value is -2.69. The molecule has 1 aromatic carbocycles. The highest BCUT2D eigenvalue weighted by Gasteiger charge is 2.19. The van der Waals surface area contributed by atoms with Crippen LogP contribution in [0.2, 0.25) is 0 Å². The lowest BCUT2D eigenvalue weighted by molar-refractivity contribution is 0.308. The number of phenolic OH excluding ortho intramolecular Hbond substituents is 1. The zero-order chi connectivity index (χ0) is 18.4. The van der Waals surface area contributed by atoms with E-state index in [9.17, 15) is 9.90 Å². The minimum atomic E-state index is -0.634. The number of allylic oxidation sites excluding steroid dienone is 3. The van der Waals surface area contributed by atoms with E-state index in [0.29, 0.717) is 5.39 Å². The Morgan fingerprint density at radius 3 is 2.64 bits per heavy atom. The highest BCUT2D eigenvalue weighted by molar-refractivity contribution is 5.91. The monoisotopic (exact) mass is 344 g/mol.